The highest BCUT2D eigenvalue weighted by atomic mass is 15.1. The molecule has 0 saturated heterocycles. The Balaban J connectivity index is 2.24. The van der Waals surface area contributed by atoms with Gasteiger partial charge in [0.05, 0.1) is 13.1 Å². The lowest BCUT2D eigenvalue weighted by molar-refractivity contribution is -0.704. The maximum Gasteiger partial charge on any atom is 0.256 e. The van der Waals surface area contributed by atoms with Crippen LogP contribution >= 0.6 is 0 Å². The van der Waals surface area contributed by atoms with Gasteiger partial charge in [-0.25, -0.2) is 9.13 Å². The summed E-state index contributed by atoms with van der Waals surface area (Å²) in [7, 11) is 0. The van der Waals surface area contributed by atoms with Gasteiger partial charge in [0.25, 0.3) is 5.82 Å². The molecule has 0 radical (unpaired) electrons. The lowest BCUT2D eigenvalue weighted by Gasteiger charge is -2.06. The van der Waals surface area contributed by atoms with E-state index in [-0.39, 0.29) is 0 Å². The minimum Gasteiger partial charge on any atom is -0.234 e. The number of rotatable bonds is 18. The van der Waals surface area contributed by atoms with Gasteiger partial charge < -0.3 is 0 Å². The molecule has 0 aromatic carbocycles. The molecule has 0 atom stereocenters. The Morgan fingerprint density at radius 1 is 0.654 bits per heavy atom. The standard InChI is InChI=1S/C24H47N2/c1-4-7-10-11-12-13-14-15-16-18-21-26-23-22-25(20-9-6-3)24(26)19-17-8-5-2/h22-23H,4-21H2,1-3H3/q+1. The van der Waals surface area contributed by atoms with Gasteiger partial charge in [0, 0.05) is 6.42 Å². The Hall–Kier alpha value is -0.790. The first-order chi connectivity index (χ1) is 12.8. The van der Waals surface area contributed by atoms with Crippen LogP contribution in [0.1, 0.15) is 123 Å². The second kappa shape index (κ2) is 16.4. The van der Waals surface area contributed by atoms with Crippen LogP contribution < -0.4 is 4.57 Å². The maximum atomic E-state index is 2.55. The topological polar surface area (TPSA) is 8.81 Å². The minimum atomic E-state index is 1.20. The van der Waals surface area contributed by atoms with Crippen molar-refractivity contribution in [1.29, 1.82) is 0 Å². The fraction of sp³-hybridized carbons (Fsp3) is 0.875. The van der Waals surface area contributed by atoms with E-state index < -0.39 is 0 Å². The van der Waals surface area contributed by atoms with Crippen LogP contribution in [0.25, 0.3) is 0 Å². The first-order valence-corrected chi connectivity index (χ1v) is 11.9. The van der Waals surface area contributed by atoms with Crippen LogP contribution in [-0.4, -0.2) is 4.57 Å². The Morgan fingerprint density at radius 2 is 1.19 bits per heavy atom. The monoisotopic (exact) mass is 363 g/mol. The first-order valence-electron chi connectivity index (χ1n) is 11.9. The fourth-order valence-corrected chi connectivity index (χ4v) is 3.82. The van der Waals surface area contributed by atoms with E-state index in [9.17, 15) is 0 Å². The van der Waals surface area contributed by atoms with Crippen LogP contribution in [0, 0.1) is 0 Å². The molecule has 0 fully saturated rings. The molecule has 0 aliphatic rings. The first kappa shape index (κ1) is 23.2. The van der Waals surface area contributed by atoms with Crippen LogP contribution in [0.4, 0.5) is 0 Å². The van der Waals surface area contributed by atoms with Crippen molar-refractivity contribution in [3.05, 3.63) is 18.2 Å². The van der Waals surface area contributed by atoms with Crippen LogP contribution in [0.15, 0.2) is 12.4 Å². The molecule has 152 valence electrons. The second-order valence-electron chi connectivity index (χ2n) is 8.09. The molecule has 1 aromatic heterocycles. The fourth-order valence-electron chi connectivity index (χ4n) is 3.82. The summed E-state index contributed by atoms with van der Waals surface area (Å²) in [5.41, 5.74) is 0. The third kappa shape index (κ3) is 10.4. The Bertz CT molecular complexity index is 422. The Kier molecular flexibility index (Phi) is 14.7. The van der Waals surface area contributed by atoms with Crippen molar-refractivity contribution < 1.29 is 4.57 Å². The molecule has 0 amide bonds. The van der Waals surface area contributed by atoms with Crippen LogP contribution in [0.5, 0.6) is 0 Å². The van der Waals surface area contributed by atoms with E-state index in [0.29, 0.717) is 0 Å². The number of hydrogen-bond donors (Lipinski definition) is 0. The van der Waals surface area contributed by atoms with Gasteiger partial charge >= 0.3 is 0 Å². The number of aromatic nitrogens is 2. The largest absolute Gasteiger partial charge is 0.256 e. The Morgan fingerprint density at radius 3 is 1.81 bits per heavy atom. The molecular weight excluding hydrogens is 316 g/mol. The molecule has 1 aromatic rings. The summed E-state index contributed by atoms with van der Waals surface area (Å²) in [4.78, 5) is 0. The number of nitrogens with zero attached hydrogens (tertiary/aromatic N) is 2. The van der Waals surface area contributed by atoms with Crippen LogP contribution in [0.3, 0.4) is 0 Å². The van der Waals surface area contributed by atoms with Crippen molar-refractivity contribution in [1.82, 2.24) is 4.57 Å². The molecule has 0 bridgehead atoms. The number of imidazole rings is 1. The van der Waals surface area contributed by atoms with E-state index in [0.717, 1.165) is 0 Å². The smallest absolute Gasteiger partial charge is 0.234 e. The molecule has 2 heteroatoms. The van der Waals surface area contributed by atoms with Crippen molar-refractivity contribution in [2.24, 2.45) is 0 Å². The van der Waals surface area contributed by atoms with Crippen molar-refractivity contribution in [3.63, 3.8) is 0 Å². The van der Waals surface area contributed by atoms with Gasteiger partial charge in [0.1, 0.15) is 12.4 Å². The van der Waals surface area contributed by atoms with Gasteiger partial charge in [-0.3, -0.25) is 0 Å². The van der Waals surface area contributed by atoms with E-state index in [1.807, 2.05) is 0 Å². The van der Waals surface area contributed by atoms with Gasteiger partial charge in [-0.05, 0) is 25.7 Å². The molecule has 26 heavy (non-hydrogen) atoms. The molecule has 1 rings (SSSR count). The molecule has 0 unspecified atom stereocenters. The van der Waals surface area contributed by atoms with Crippen LogP contribution in [0.2, 0.25) is 0 Å². The predicted octanol–water partition coefficient (Wildman–Crippen LogP) is 7.23. The van der Waals surface area contributed by atoms with Gasteiger partial charge in [0.15, 0.2) is 0 Å². The SMILES string of the molecule is CCCCCCCCCCCC[n+]1ccn(CCCC)c1CCCCC. The van der Waals surface area contributed by atoms with Gasteiger partial charge in [-0.15, -0.1) is 0 Å². The third-order valence-corrected chi connectivity index (χ3v) is 5.60. The molecule has 0 saturated carbocycles. The summed E-state index contributed by atoms with van der Waals surface area (Å²) >= 11 is 0. The zero-order chi connectivity index (χ0) is 18.9. The molecule has 2 nitrogen and oxygen atoms in total. The third-order valence-electron chi connectivity index (χ3n) is 5.60. The highest BCUT2D eigenvalue weighted by molar-refractivity contribution is 4.84. The van der Waals surface area contributed by atoms with Gasteiger partial charge in [-0.2, -0.15) is 0 Å². The van der Waals surface area contributed by atoms with E-state index in [1.54, 1.807) is 5.82 Å². The van der Waals surface area contributed by atoms with Crippen molar-refractivity contribution in [2.75, 3.05) is 0 Å². The highest BCUT2D eigenvalue weighted by Gasteiger charge is 2.15. The quantitative estimate of drug-likeness (QED) is 0.192. The van der Waals surface area contributed by atoms with Crippen molar-refractivity contribution >= 4 is 0 Å². The molecule has 0 spiro atoms. The zero-order valence-corrected chi connectivity index (χ0v) is 18.3. The molecule has 0 N–H and O–H groups in total. The lowest BCUT2D eigenvalue weighted by atomic mass is 10.1. The molecule has 1 heterocycles. The Labute approximate surface area is 164 Å². The van der Waals surface area contributed by atoms with E-state index in [4.69, 9.17) is 0 Å². The van der Waals surface area contributed by atoms with Gasteiger partial charge in [0.2, 0.25) is 0 Å². The van der Waals surface area contributed by atoms with Crippen molar-refractivity contribution in [2.45, 2.75) is 137 Å². The summed E-state index contributed by atoms with van der Waals surface area (Å²) in [5.74, 6) is 1.57. The summed E-state index contributed by atoms with van der Waals surface area (Å²) in [6.07, 6.45) is 26.7. The summed E-state index contributed by atoms with van der Waals surface area (Å²) < 4.78 is 5.07. The zero-order valence-electron chi connectivity index (χ0n) is 18.3. The maximum absolute atomic E-state index is 2.55. The average molecular weight is 364 g/mol. The number of unbranched alkanes of at least 4 members (excludes halogenated alkanes) is 12. The second-order valence-corrected chi connectivity index (χ2v) is 8.09. The summed E-state index contributed by atoms with van der Waals surface area (Å²) in [6.45, 7) is 9.30. The van der Waals surface area contributed by atoms with Gasteiger partial charge in [-0.1, -0.05) is 91.4 Å². The average Bonchev–Trinajstić information content (AvgIpc) is 3.03. The lowest BCUT2D eigenvalue weighted by Crippen LogP contribution is -2.37. The number of hydrogen-bond acceptors (Lipinski definition) is 0. The van der Waals surface area contributed by atoms with E-state index in [1.165, 1.54) is 116 Å². The van der Waals surface area contributed by atoms with Crippen LogP contribution in [-0.2, 0) is 19.5 Å². The molecule has 0 aliphatic heterocycles. The minimum absolute atomic E-state index is 1.20. The predicted molar refractivity (Wildman–Crippen MR) is 115 cm³/mol. The number of aryl methyl sites for hydroxylation is 2. The summed E-state index contributed by atoms with van der Waals surface area (Å²) in [5, 5.41) is 0. The highest BCUT2D eigenvalue weighted by Crippen LogP contribution is 2.11. The normalized spacial score (nSPS) is 11.3. The molecule has 0 aliphatic carbocycles. The van der Waals surface area contributed by atoms with Crippen molar-refractivity contribution in [3.8, 4) is 0 Å². The van der Waals surface area contributed by atoms with E-state index >= 15 is 0 Å². The van der Waals surface area contributed by atoms with E-state index in [2.05, 4.69) is 42.3 Å². The summed E-state index contributed by atoms with van der Waals surface area (Å²) in [6, 6.07) is 0. The molecular formula is C24H47N2+.